The number of hydrogen-bond donors (Lipinski definition) is 1. The van der Waals surface area contributed by atoms with Gasteiger partial charge in [-0.05, 0) is 31.1 Å². The average molecular weight is 176 g/mol. The van der Waals surface area contributed by atoms with Crippen LogP contribution in [0.5, 0.6) is 0 Å². The van der Waals surface area contributed by atoms with E-state index in [4.69, 9.17) is 9.42 Å². The topological polar surface area (TPSA) is 29.5 Å². The molecule has 0 radical (unpaired) electrons. The van der Waals surface area contributed by atoms with Crippen LogP contribution >= 0.6 is 9.03 Å². The standard InChI is InChI=1S/C8H17O2P/c1-8(2)5-3-7(4-6-8)10-11-9/h7,9,11H,3-6H2,1-2H3. The highest BCUT2D eigenvalue weighted by Gasteiger charge is 2.26. The Kier molecular flexibility index (Phi) is 3.29. The maximum absolute atomic E-state index is 8.55. The Morgan fingerprint density at radius 3 is 2.36 bits per heavy atom. The van der Waals surface area contributed by atoms with E-state index < -0.39 is 0 Å². The molecule has 3 heteroatoms. The molecule has 0 bridgehead atoms. The first-order valence-corrected chi connectivity index (χ1v) is 5.04. The molecule has 0 amide bonds. The molecule has 1 aliphatic carbocycles. The van der Waals surface area contributed by atoms with Crippen molar-refractivity contribution >= 4 is 9.03 Å². The summed E-state index contributed by atoms with van der Waals surface area (Å²) in [4.78, 5) is 8.55. The molecule has 0 heterocycles. The van der Waals surface area contributed by atoms with Crippen LogP contribution in [0.15, 0.2) is 0 Å². The van der Waals surface area contributed by atoms with Crippen molar-refractivity contribution in [3.8, 4) is 0 Å². The van der Waals surface area contributed by atoms with Gasteiger partial charge in [0.05, 0.1) is 6.10 Å². The third kappa shape index (κ3) is 3.06. The van der Waals surface area contributed by atoms with Gasteiger partial charge in [-0.25, -0.2) is 0 Å². The Morgan fingerprint density at radius 2 is 1.91 bits per heavy atom. The minimum Gasteiger partial charge on any atom is -0.352 e. The molecular formula is C8H17O2P. The molecule has 1 atom stereocenters. The van der Waals surface area contributed by atoms with Gasteiger partial charge in [0, 0.05) is 0 Å². The monoisotopic (exact) mass is 176 g/mol. The molecule has 1 N–H and O–H groups in total. The van der Waals surface area contributed by atoms with Crippen LogP contribution in [0, 0.1) is 5.41 Å². The third-order valence-electron chi connectivity index (χ3n) is 2.51. The fraction of sp³-hybridized carbons (Fsp3) is 1.00. The van der Waals surface area contributed by atoms with E-state index in [-0.39, 0.29) is 9.03 Å². The van der Waals surface area contributed by atoms with Gasteiger partial charge in [-0.15, -0.1) is 0 Å². The zero-order chi connectivity index (χ0) is 8.32. The molecule has 1 rings (SSSR count). The van der Waals surface area contributed by atoms with Crippen LogP contribution in [-0.2, 0) is 4.52 Å². The SMILES string of the molecule is CC1(C)CCC(OPO)CC1. The maximum atomic E-state index is 8.55. The van der Waals surface area contributed by atoms with Crippen LogP contribution in [0.25, 0.3) is 0 Å². The number of rotatable bonds is 2. The molecule has 0 saturated heterocycles. The van der Waals surface area contributed by atoms with E-state index in [1.807, 2.05) is 0 Å². The van der Waals surface area contributed by atoms with Crippen molar-refractivity contribution in [1.29, 1.82) is 0 Å². The first-order chi connectivity index (χ1) is 5.14. The second-order valence-electron chi connectivity index (χ2n) is 4.07. The van der Waals surface area contributed by atoms with Crippen molar-refractivity contribution in [2.45, 2.75) is 45.6 Å². The van der Waals surface area contributed by atoms with Crippen molar-refractivity contribution in [2.24, 2.45) is 5.41 Å². The van der Waals surface area contributed by atoms with E-state index >= 15 is 0 Å². The molecule has 0 aromatic carbocycles. The predicted molar refractivity (Wildman–Crippen MR) is 47.7 cm³/mol. The van der Waals surface area contributed by atoms with Gasteiger partial charge in [-0.3, -0.25) is 0 Å². The molecule has 0 aromatic rings. The van der Waals surface area contributed by atoms with E-state index in [2.05, 4.69) is 13.8 Å². The summed E-state index contributed by atoms with van der Waals surface area (Å²) in [5, 5.41) is 0. The highest BCUT2D eigenvalue weighted by atomic mass is 31.1. The first-order valence-electron chi connectivity index (χ1n) is 4.19. The summed E-state index contributed by atoms with van der Waals surface area (Å²) in [6.07, 6.45) is 5.00. The molecule has 1 saturated carbocycles. The molecule has 0 aliphatic heterocycles. The van der Waals surface area contributed by atoms with Gasteiger partial charge in [0.25, 0.3) is 0 Å². The average Bonchev–Trinajstić information content (AvgIpc) is 1.94. The summed E-state index contributed by atoms with van der Waals surface area (Å²) in [6, 6.07) is 0. The van der Waals surface area contributed by atoms with Crippen LogP contribution in [0.4, 0.5) is 0 Å². The van der Waals surface area contributed by atoms with Crippen LogP contribution in [0.3, 0.4) is 0 Å². The third-order valence-corrected chi connectivity index (χ3v) is 2.94. The minimum absolute atomic E-state index is 0.325. The van der Waals surface area contributed by atoms with E-state index in [0.29, 0.717) is 11.5 Å². The van der Waals surface area contributed by atoms with Gasteiger partial charge in [-0.1, -0.05) is 13.8 Å². The summed E-state index contributed by atoms with van der Waals surface area (Å²) < 4.78 is 5.16. The quantitative estimate of drug-likeness (QED) is 0.655. The van der Waals surface area contributed by atoms with Gasteiger partial charge in [-0.2, -0.15) is 0 Å². The Labute approximate surface area is 70.3 Å². The van der Waals surface area contributed by atoms with Crippen molar-refractivity contribution in [1.82, 2.24) is 0 Å². The van der Waals surface area contributed by atoms with Gasteiger partial charge < -0.3 is 9.42 Å². The highest BCUT2D eigenvalue weighted by molar-refractivity contribution is 7.25. The Balaban J connectivity index is 2.25. The largest absolute Gasteiger partial charge is 0.352 e. The lowest BCUT2D eigenvalue weighted by atomic mass is 9.76. The predicted octanol–water partition coefficient (Wildman–Crippen LogP) is 2.47. The number of hydrogen-bond acceptors (Lipinski definition) is 2. The molecule has 1 unspecified atom stereocenters. The highest BCUT2D eigenvalue weighted by Crippen LogP contribution is 2.37. The normalized spacial score (nSPS) is 26.5. The summed E-state index contributed by atoms with van der Waals surface area (Å²) >= 11 is 0. The summed E-state index contributed by atoms with van der Waals surface area (Å²) in [6.45, 7) is 4.59. The van der Waals surface area contributed by atoms with Gasteiger partial charge in [0.15, 0.2) is 9.03 Å². The Hall–Kier alpha value is 0.350. The molecule has 66 valence electrons. The van der Waals surface area contributed by atoms with Crippen molar-refractivity contribution in [3.05, 3.63) is 0 Å². The summed E-state index contributed by atoms with van der Waals surface area (Å²) in [5.41, 5.74) is 0.498. The smallest absolute Gasteiger partial charge is 0.152 e. The summed E-state index contributed by atoms with van der Waals surface area (Å²) in [7, 11) is -0.329. The zero-order valence-corrected chi connectivity index (χ0v) is 8.26. The lowest BCUT2D eigenvalue weighted by Gasteiger charge is -2.33. The molecule has 0 spiro atoms. The molecule has 11 heavy (non-hydrogen) atoms. The van der Waals surface area contributed by atoms with Gasteiger partial charge in [0.2, 0.25) is 0 Å². The van der Waals surface area contributed by atoms with Crippen molar-refractivity contribution < 1.29 is 9.42 Å². The van der Waals surface area contributed by atoms with E-state index in [9.17, 15) is 0 Å². The Morgan fingerprint density at radius 1 is 1.36 bits per heavy atom. The van der Waals surface area contributed by atoms with Gasteiger partial charge in [0.1, 0.15) is 0 Å². The van der Waals surface area contributed by atoms with Crippen LogP contribution in [-0.4, -0.2) is 11.0 Å². The van der Waals surface area contributed by atoms with E-state index in [1.54, 1.807) is 0 Å². The fourth-order valence-corrected chi connectivity index (χ4v) is 1.95. The molecule has 1 aliphatic rings. The molecular weight excluding hydrogens is 159 g/mol. The fourth-order valence-electron chi connectivity index (χ4n) is 1.57. The Bertz CT molecular complexity index is 115. The van der Waals surface area contributed by atoms with Crippen LogP contribution in [0.2, 0.25) is 0 Å². The molecule has 2 nitrogen and oxygen atoms in total. The second-order valence-corrected chi connectivity index (χ2v) is 4.49. The van der Waals surface area contributed by atoms with Crippen molar-refractivity contribution in [2.75, 3.05) is 0 Å². The second kappa shape index (κ2) is 3.84. The van der Waals surface area contributed by atoms with E-state index in [0.717, 1.165) is 12.8 Å². The van der Waals surface area contributed by atoms with Crippen molar-refractivity contribution in [3.63, 3.8) is 0 Å². The molecule has 0 aromatic heterocycles. The maximum Gasteiger partial charge on any atom is 0.152 e. The summed E-state index contributed by atoms with van der Waals surface area (Å²) in [5.74, 6) is 0. The first kappa shape index (κ1) is 9.44. The molecule has 1 fully saturated rings. The lowest BCUT2D eigenvalue weighted by molar-refractivity contribution is 0.105. The van der Waals surface area contributed by atoms with Crippen LogP contribution in [0.1, 0.15) is 39.5 Å². The van der Waals surface area contributed by atoms with Crippen LogP contribution < -0.4 is 0 Å². The zero-order valence-electron chi connectivity index (χ0n) is 7.26. The van der Waals surface area contributed by atoms with E-state index in [1.165, 1.54) is 12.8 Å². The minimum atomic E-state index is -0.329. The van der Waals surface area contributed by atoms with Gasteiger partial charge >= 0.3 is 0 Å². The lowest BCUT2D eigenvalue weighted by Crippen LogP contribution is -2.24.